The van der Waals surface area contributed by atoms with Crippen LogP contribution in [0.15, 0.2) is 53.9 Å². The van der Waals surface area contributed by atoms with E-state index >= 15 is 0 Å². The first kappa shape index (κ1) is 15.9. The smallest absolute Gasteiger partial charge is 0.134 e. The van der Waals surface area contributed by atoms with Crippen molar-refractivity contribution in [1.82, 2.24) is 4.98 Å². The van der Waals surface area contributed by atoms with Gasteiger partial charge in [0.2, 0.25) is 0 Å². The average molecular weight is 336 g/mol. The van der Waals surface area contributed by atoms with Crippen molar-refractivity contribution in [2.45, 2.75) is 0 Å². The molecule has 1 aromatic heterocycles. The number of allylic oxidation sites excluding steroid dienone is 1. The highest BCUT2D eigenvalue weighted by Gasteiger charge is 2.09. The van der Waals surface area contributed by atoms with E-state index in [-0.39, 0.29) is 5.82 Å². The van der Waals surface area contributed by atoms with Gasteiger partial charge in [-0.05, 0) is 48.0 Å². The Morgan fingerprint density at radius 2 is 2.04 bits per heavy atom. The van der Waals surface area contributed by atoms with E-state index in [2.05, 4.69) is 11.1 Å². The largest absolute Gasteiger partial charge is 0.497 e. The Morgan fingerprint density at radius 3 is 2.71 bits per heavy atom. The van der Waals surface area contributed by atoms with E-state index in [0.29, 0.717) is 16.1 Å². The van der Waals surface area contributed by atoms with Crippen LogP contribution in [0.4, 0.5) is 4.39 Å². The maximum atomic E-state index is 13.3. The molecule has 0 N–H and O–H groups in total. The van der Waals surface area contributed by atoms with E-state index in [1.807, 2.05) is 29.6 Å². The van der Waals surface area contributed by atoms with E-state index < -0.39 is 0 Å². The second-order valence-electron chi connectivity index (χ2n) is 4.99. The molecule has 24 heavy (non-hydrogen) atoms. The van der Waals surface area contributed by atoms with Crippen molar-refractivity contribution >= 4 is 23.0 Å². The van der Waals surface area contributed by atoms with Gasteiger partial charge in [-0.3, -0.25) is 0 Å². The van der Waals surface area contributed by atoms with Gasteiger partial charge in [0.05, 0.1) is 18.4 Å². The third-order valence-corrected chi connectivity index (χ3v) is 4.28. The summed E-state index contributed by atoms with van der Waals surface area (Å²) in [5.41, 5.74) is 2.78. The number of benzene rings is 2. The first-order valence-electron chi connectivity index (χ1n) is 7.17. The minimum atomic E-state index is -0.334. The fourth-order valence-electron chi connectivity index (χ4n) is 2.20. The number of methoxy groups -OCH3 is 1. The van der Waals surface area contributed by atoms with Crippen LogP contribution in [-0.2, 0) is 0 Å². The van der Waals surface area contributed by atoms with Crippen molar-refractivity contribution in [3.05, 3.63) is 70.3 Å². The van der Waals surface area contributed by atoms with E-state index in [4.69, 9.17) is 4.74 Å². The fourth-order valence-corrected chi connectivity index (χ4v) is 2.99. The van der Waals surface area contributed by atoms with Crippen LogP contribution in [0.25, 0.3) is 22.9 Å². The van der Waals surface area contributed by atoms with Crippen molar-refractivity contribution in [3.8, 4) is 23.1 Å². The van der Waals surface area contributed by atoms with Gasteiger partial charge >= 0.3 is 0 Å². The van der Waals surface area contributed by atoms with Crippen molar-refractivity contribution < 1.29 is 9.13 Å². The minimum Gasteiger partial charge on any atom is -0.497 e. The quantitative estimate of drug-likeness (QED) is 0.628. The van der Waals surface area contributed by atoms with E-state index in [1.165, 1.54) is 23.5 Å². The Kier molecular flexibility index (Phi) is 4.69. The molecule has 3 aromatic rings. The number of ether oxygens (including phenoxy) is 1. The SMILES string of the molecule is COc1ccc(-c2csc(/C(C#N)=C/c3cccc(F)c3)n2)cc1. The molecule has 0 unspecified atom stereocenters. The number of hydrogen-bond donors (Lipinski definition) is 0. The molecule has 0 saturated carbocycles. The van der Waals surface area contributed by atoms with Crippen molar-refractivity contribution in [3.63, 3.8) is 0 Å². The third-order valence-electron chi connectivity index (χ3n) is 3.40. The van der Waals surface area contributed by atoms with Crippen LogP contribution in [0.2, 0.25) is 0 Å². The van der Waals surface area contributed by atoms with Crippen LogP contribution in [0.3, 0.4) is 0 Å². The van der Waals surface area contributed by atoms with Gasteiger partial charge < -0.3 is 4.74 Å². The Morgan fingerprint density at radius 1 is 1.25 bits per heavy atom. The lowest BCUT2D eigenvalue weighted by Crippen LogP contribution is -1.85. The monoisotopic (exact) mass is 336 g/mol. The molecular formula is C19H13FN2OS. The topological polar surface area (TPSA) is 45.9 Å². The molecule has 0 saturated heterocycles. The van der Waals surface area contributed by atoms with Crippen LogP contribution >= 0.6 is 11.3 Å². The Bertz CT molecular complexity index is 923. The number of thiazole rings is 1. The number of rotatable bonds is 4. The second kappa shape index (κ2) is 7.07. The van der Waals surface area contributed by atoms with Crippen LogP contribution in [-0.4, -0.2) is 12.1 Å². The number of aromatic nitrogens is 1. The Labute approximate surface area is 143 Å². The van der Waals surface area contributed by atoms with Gasteiger partial charge in [-0.25, -0.2) is 9.37 Å². The van der Waals surface area contributed by atoms with Gasteiger partial charge in [-0.2, -0.15) is 5.26 Å². The summed E-state index contributed by atoms with van der Waals surface area (Å²) < 4.78 is 18.4. The van der Waals surface area contributed by atoms with Crippen molar-refractivity contribution in [1.29, 1.82) is 5.26 Å². The molecule has 0 aliphatic rings. The summed E-state index contributed by atoms with van der Waals surface area (Å²) in [6, 6.07) is 15.8. The molecule has 5 heteroatoms. The summed E-state index contributed by atoms with van der Waals surface area (Å²) in [4.78, 5) is 4.52. The lowest BCUT2D eigenvalue weighted by Gasteiger charge is -2.00. The normalized spacial score (nSPS) is 11.1. The average Bonchev–Trinajstić information content (AvgIpc) is 3.10. The maximum absolute atomic E-state index is 13.3. The zero-order valence-corrected chi connectivity index (χ0v) is 13.7. The summed E-state index contributed by atoms with van der Waals surface area (Å²) >= 11 is 1.38. The van der Waals surface area contributed by atoms with Crippen molar-refractivity contribution in [2.24, 2.45) is 0 Å². The number of hydrogen-bond acceptors (Lipinski definition) is 4. The molecule has 0 spiro atoms. The summed E-state index contributed by atoms with van der Waals surface area (Å²) in [6.07, 6.45) is 1.64. The third kappa shape index (κ3) is 3.50. The van der Waals surface area contributed by atoms with Crippen LogP contribution < -0.4 is 4.74 Å². The predicted octanol–water partition coefficient (Wildman–Crippen LogP) is 5.02. The van der Waals surface area contributed by atoms with Crippen molar-refractivity contribution in [2.75, 3.05) is 7.11 Å². The summed E-state index contributed by atoms with van der Waals surface area (Å²) in [6.45, 7) is 0. The first-order valence-corrected chi connectivity index (χ1v) is 8.05. The highest BCUT2D eigenvalue weighted by molar-refractivity contribution is 7.11. The fraction of sp³-hybridized carbons (Fsp3) is 0.0526. The Hall–Kier alpha value is -2.97. The molecule has 3 rings (SSSR count). The molecule has 118 valence electrons. The molecule has 0 amide bonds. The maximum Gasteiger partial charge on any atom is 0.134 e. The van der Waals surface area contributed by atoms with Gasteiger partial charge in [0.1, 0.15) is 22.6 Å². The second-order valence-corrected chi connectivity index (χ2v) is 5.85. The molecule has 0 fully saturated rings. The number of halogens is 1. The highest BCUT2D eigenvalue weighted by Crippen LogP contribution is 2.28. The zero-order valence-electron chi connectivity index (χ0n) is 12.9. The van der Waals surface area contributed by atoms with E-state index in [9.17, 15) is 9.65 Å². The summed E-state index contributed by atoms with van der Waals surface area (Å²) in [5, 5.41) is 11.9. The molecule has 0 radical (unpaired) electrons. The standard InChI is InChI=1S/C19H13FN2OS/c1-23-17-7-5-14(6-8-17)18-12-24-19(22-18)15(11-21)9-13-3-2-4-16(20)10-13/h2-10,12H,1H3/b15-9+. The molecular weight excluding hydrogens is 323 g/mol. The first-order chi connectivity index (χ1) is 11.7. The number of nitriles is 1. The lowest BCUT2D eigenvalue weighted by molar-refractivity contribution is 0.415. The molecule has 0 aliphatic carbocycles. The van der Waals surface area contributed by atoms with Crippen LogP contribution in [0.5, 0.6) is 5.75 Å². The molecule has 0 bridgehead atoms. The molecule has 0 aliphatic heterocycles. The van der Waals surface area contributed by atoms with E-state index in [0.717, 1.165) is 17.0 Å². The minimum absolute atomic E-state index is 0.334. The lowest BCUT2D eigenvalue weighted by atomic mass is 10.1. The molecule has 1 heterocycles. The molecule has 3 nitrogen and oxygen atoms in total. The van der Waals surface area contributed by atoms with Gasteiger partial charge in [-0.1, -0.05) is 12.1 Å². The number of nitrogens with zero attached hydrogens (tertiary/aromatic N) is 2. The molecule has 2 aromatic carbocycles. The van der Waals surface area contributed by atoms with Crippen LogP contribution in [0, 0.1) is 17.1 Å². The predicted molar refractivity (Wildman–Crippen MR) is 94.0 cm³/mol. The van der Waals surface area contributed by atoms with Gasteiger partial charge in [-0.15, -0.1) is 11.3 Å². The van der Waals surface area contributed by atoms with Gasteiger partial charge in [0.25, 0.3) is 0 Å². The van der Waals surface area contributed by atoms with Gasteiger partial charge in [0, 0.05) is 10.9 Å². The summed E-state index contributed by atoms with van der Waals surface area (Å²) in [7, 11) is 1.62. The summed E-state index contributed by atoms with van der Waals surface area (Å²) in [5.74, 6) is 0.442. The molecule has 0 atom stereocenters. The Balaban J connectivity index is 1.91. The highest BCUT2D eigenvalue weighted by atomic mass is 32.1. The zero-order chi connectivity index (χ0) is 16.9. The van der Waals surface area contributed by atoms with Crippen LogP contribution in [0.1, 0.15) is 10.6 Å². The van der Waals surface area contributed by atoms with Gasteiger partial charge in [0.15, 0.2) is 0 Å². The van der Waals surface area contributed by atoms with E-state index in [1.54, 1.807) is 25.3 Å².